The third-order valence-electron chi connectivity index (χ3n) is 2.26. The Morgan fingerprint density at radius 3 is 2.65 bits per heavy atom. The van der Waals surface area contributed by atoms with E-state index in [4.69, 9.17) is 0 Å². The first-order chi connectivity index (χ1) is 7.63. The van der Waals surface area contributed by atoms with Crippen LogP contribution in [0.15, 0.2) is 17.3 Å². The van der Waals surface area contributed by atoms with Crippen molar-refractivity contribution in [2.45, 2.75) is 20.4 Å². The van der Waals surface area contributed by atoms with Gasteiger partial charge < -0.3 is 10.6 Å². The summed E-state index contributed by atoms with van der Waals surface area (Å²) in [7, 11) is 3.71. The van der Waals surface area contributed by atoms with E-state index in [1.807, 2.05) is 17.8 Å². The van der Waals surface area contributed by atoms with Gasteiger partial charge in [-0.25, -0.2) is 0 Å². The van der Waals surface area contributed by atoms with Crippen LogP contribution in [-0.4, -0.2) is 29.3 Å². The van der Waals surface area contributed by atoms with Crippen LogP contribution in [0.25, 0.3) is 0 Å². The van der Waals surface area contributed by atoms with Gasteiger partial charge in [0.05, 0.1) is 12.2 Å². The van der Waals surface area contributed by atoms with Crippen LogP contribution in [-0.2, 0) is 13.6 Å². The number of nitrogens with one attached hydrogen (secondary N) is 2. The second kappa shape index (κ2) is 8.32. The summed E-state index contributed by atoms with van der Waals surface area (Å²) in [4.78, 5) is 4.15. The van der Waals surface area contributed by atoms with Crippen molar-refractivity contribution in [3.05, 3.63) is 18.0 Å². The van der Waals surface area contributed by atoms with Gasteiger partial charge in [-0.1, -0.05) is 13.8 Å². The lowest BCUT2D eigenvalue weighted by Gasteiger charge is -2.13. The number of aliphatic imine (C=N–C) groups is 1. The Morgan fingerprint density at radius 1 is 1.47 bits per heavy atom. The molecule has 17 heavy (non-hydrogen) atoms. The van der Waals surface area contributed by atoms with E-state index < -0.39 is 0 Å². The lowest BCUT2D eigenvalue weighted by molar-refractivity contribution is 0.611. The molecule has 0 aromatic carbocycles. The Balaban J connectivity index is 0.00000256. The van der Waals surface area contributed by atoms with E-state index >= 15 is 0 Å². The molecular formula is C11H22IN5. The van der Waals surface area contributed by atoms with Crippen molar-refractivity contribution in [3.8, 4) is 0 Å². The van der Waals surface area contributed by atoms with Crippen LogP contribution in [0.3, 0.4) is 0 Å². The summed E-state index contributed by atoms with van der Waals surface area (Å²) in [6.07, 6.45) is 1.79. The molecular weight excluding hydrogens is 329 g/mol. The number of nitrogens with zero attached hydrogens (tertiary/aromatic N) is 3. The molecule has 0 saturated heterocycles. The number of hydrogen-bond acceptors (Lipinski definition) is 2. The minimum atomic E-state index is 0. The average molecular weight is 351 g/mol. The lowest BCUT2D eigenvalue weighted by atomic mass is 10.2. The predicted octanol–water partition coefficient (Wildman–Crippen LogP) is 1.36. The highest BCUT2D eigenvalue weighted by atomic mass is 127. The maximum atomic E-state index is 4.15. The molecule has 0 radical (unpaired) electrons. The molecule has 0 saturated carbocycles. The molecule has 0 fully saturated rings. The fourth-order valence-corrected chi connectivity index (χ4v) is 1.27. The fourth-order valence-electron chi connectivity index (χ4n) is 1.27. The van der Waals surface area contributed by atoms with Crippen LogP contribution >= 0.6 is 24.0 Å². The predicted molar refractivity (Wildman–Crippen MR) is 81.7 cm³/mol. The number of rotatable bonds is 4. The van der Waals surface area contributed by atoms with Gasteiger partial charge in [0.1, 0.15) is 0 Å². The smallest absolute Gasteiger partial charge is 0.191 e. The molecule has 0 amide bonds. The van der Waals surface area contributed by atoms with E-state index in [1.165, 1.54) is 0 Å². The second-order valence-electron chi connectivity index (χ2n) is 4.15. The standard InChI is InChI=1S/C11H21N5.HI/c1-9(2)7-13-11(12-3)14-8-10-5-6-15-16(10)4;/h5-6,9H,7-8H2,1-4H3,(H2,12,13,14);1H. The minimum Gasteiger partial charge on any atom is -0.356 e. The van der Waals surface area contributed by atoms with E-state index in [2.05, 4.69) is 34.6 Å². The monoisotopic (exact) mass is 351 g/mol. The molecule has 0 spiro atoms. The summed E-state index contributed by atoms with van der Waals surface area (Å²) in [5.41, 5.74) is 1.13. The minimum absolute atomic E-state index is 0. The zero-order valence-electron chi connectivity index (χ0n) is 10.9. The molecule has 1 heterocycles. The number of hydrogen-bond donors (Lipinski definition) is 2. The van der Waals surface area contributed by atoms with Crippen LogP contribution in [0.1, 0.15) is 19.5 Å². The lowest BCUT2D eigenvalue weighted by Crippen LogP contribution is -2.38. The summed E-state index contributed by atoms with van der Waals surface area (Å²) in [6.45, 7) is 5.99. The van der Waals surface area contributed by atoms with Crippen molar-refractivity contribution in [2.75, 3.05) is 13.6 Å². The van der Waals surface area contributed by atoms with Crippen molar-refractivity contribution in [2.24, 2.45) is 18.0 Å². The van der Waals surface area contributed by atoms with Crippen molar-refractivity contribution < 1.29 is 0 Å². The van der Waals surface area contributed by atoms with Gasteiger partial charge in [0.15, 0.2) is 5.96 Å². The van der Waals surface area contributed by atoms with Crippen molar-refractivity contribution in [3.63, 3.8) is 0 Å². The first-order valence-electron chi connectivity index (χ1n) is 5.55. The number of aryl methyl sites for hydroxylation is 1. The highest BCUT2D eigenvalue weighted by Crippen LogP contribution is 1.94. The van der Waals surface area contributed by atoms with Gasteiger partial charge in [-0.3, -0.25) is 9.67 Å². The third kappa shape index (κ3) is 5.90. The van der Waals surface area contributed by atoms with Crippen molar-refractivity contribution >= 4 is 29.9 Å². The van der Waals surface area contributed by atoms with Crippen LogP contribution in [0.5, 0.6) is 0 Å². The van der Waals surface area contributed by atoms with Gasteiger partial charge in [0, 0.05) is 26.8 Å². The Bertz CT molecular complexity index is 345. The Kier molecular flexibility index (Phi) is 7.94. The molecule has 0 aliphatic rings. The topological polar surface area (TPSA) is 54.2 Å². The summed E-state index contributed by atoms with van der Waals surface area (Å²) in [6, 6.07) is 1.99. The Labute approximate surface area is 120 Å². The molecule has 0 aliphatic heterocycles. The van der Waals surface area contributed by atoms with Gasteiger partial charge in [0.2, 0.25) is 0 Å². The highest BCUT2D eigenvalue weighted by Gasteiger charge is 2.01. The molecule has 0 atom stereocenters. The molecule has 0 unspecified atom stereocenters. The number of guanidine groups is 1. The van der Waals surface area contributed by atoms with Crippen molar-refractivity contribution in [1.82, 2.24) is 20.4 Å². The molecule has 98 valence electrons. The molecule has 0 bridgehead atoms. The second-order valence-corrected chi connectivity index (χ2v) is 4.15. The molecule has 6 heteroatoms. The molecule has 1 rings (SSSR count). The maximum Gasteiger partial charge on any atom is 0.191 e. The fraction of sp³-hybridized carbons (Fsp3) is 0.636. The van der Waals surface area contributed by atoms with Crippen LogP contribution < -0.4 is 10.6 Å². The van der Waals surface area contributed by atoms with E-state index in [9.17, 15) is 0 Å². The zero-order valence-corrected chi connectivity index (χ0v) is 13.2. The average Bonchev–Trinajstić information content (AvgIpc) is 2.64. The first kappa shape index (κ1) is 16.2. The SMILES string of the molecule is CN=C(NCc1ccnn1C)NCC(C)C.I. The maximum absolute atomic E-state index is 4.15. The first-order valence-corrected chi connectivity index (χ1v) is 5.55. The Morgan fingerprint density at radius 2 is 2.18 bits per heavy atom. The molecule has 1 aromatic heterocycles. The number of halogens is 1. The third-order valence-corrected chi connectivity index (χ3v) is 2.26. The molecule has 2 N–H and O–H groups in total. The van der Waals surface area contributed by atoms with E-state index in [0.29, 0.717) is 5.92 Å². The van der Waals surface area contributed by atoms with Gasteiger partial charge in [-0.2, -0.15) is 5.10 Å². The molecule has 1 aromatic rings. The van der Waals surface area contributed by atoms with Gasteiger partial charge in [-0.05, 0) is 12.0 Å². The Hall–Kier alpha value is -0.790. The normalized spacial score (nSPS) is 11.2. The van der Waals surface area contributed by atoms with Gasteiger partial charge >= 0.3 is 0 Å². The molecule has 0 aliphatic carbocycles. The van der Waals surface area contributed by atoms with E-state index in [1.54, 1.807) is 13.2 Å². The van der Waals surface area contributed by atoms with Gasteiger partial charge in [-0.15, -0.1) is 24.0 Å². The van der Waals surface area contributed by atoms with Crippen molar-refractivity contribution in [1.29, 1.82) is 0 Å². The van der Waals surface area contributed by atoms with Crippen LogP contribution in [0.4, 0.5) is 0 Å². The highest BCUT2D eigenvalue weighted by molar-refractivity contribution is 14.0. The van der Waals surface area contributed by atoms with Crippen LogP contribution in [0.2, 0.25) is 0 Å². The summed E-state index contributed by atoms with van der Waals surface area (Å²) >= 11 is 0. The quantitative estimate of drug-likeness (QED) is 0.489. The zero-order chi connectivity index (χ0) is 12.0. The van der Waals surface area contributed by atoms with Crippen LogP contribution in [0, 0.1) is 5.92 Å². The summed E-state index contributed by atoms with van der Waals surface area (Å²) in [5.74, 6) is 1.44. The van der Waals surface area contributed by atoms with Gasteiger partial charge in [0.25, 0.3) is 0 Å². The summed E-state index contributed by atoms with van der Waals surface area (Å²) < 4.78 is 1.85. The molecule has 5 nitrogen and oxygen atoms in total. The van der Waals surface area contributed by atoms with E-state index in [-0.39, 0.29) is 24.0 Å². The number of aromatic nitrogens is 2. The van der Waals surface area contributed by atoms with E-state index in [0.717, 1.165) is 24.7 Å². The largest absolute Gasteiger partial charge is 0.356 e. The summed E-state index contributed by atoms with van der Waals surface area (Å²) in [5, 5.41) is 10.6.